The van der Waals surface area contributed by atoms with E-state index in [-0.39, 0.29) is 12.4 Å². The van der Waals surface area contributed by atoms with E-state index in [4.69, 9.17) is 4.74 Å². The summed E-state index contributed by atoms with van der Waals surface area (Å²) < 4.78 is 18.6. The summed E-state index contributed by atoms with van der Waals surface area (Å²) in [5.74, 6) is -2.32. The molecule has 1 N–H and O–H groups in total. The van der Waals surface area contributed by atoms with Gasteiger partial charge in [-0.05, 0) is 53.1 Å². The highest BCUT2D eigenvalue weighted by atomic mass is 127. The fourth-order valence-corrected chi connectivity index (χ4v) is 2.49. The first-order valence-corrected chi connectivity index (χ1v) is 7.67. The van der Waals surface area contributed by atoms with Crippen LogP contribution in [0.25, 0.3) is 0 Å². The van der Waals surface area contributed by atoms with Crippen molar-refractivity contribution in [2.75, 3.05) is 11.9 Å². The molecule has 1 amide bonds. The molecular weight excluding hydrogens is 388 g/mol. The second-order valence-electron chi connectivity index (χ2n) is 5.66. The van der Waals surface area contributed by atoms with E-state index in [1.54, 1.807) is 27.7 Å². The third-order valence-electron chi connectivity index (χ3n) is 2.84. The highest BCUT2D eigenvalue weighted by Gasteiger charge is 2.39. The van der Waals surface area contributed by atoms with Crippen molar-refractivity contribution in [1.29, 1.82) is 0 Å². The fraction of sp³-hybridized carbons (Fsp3) is 0.467. The van der Waals surface area contributed by atoms with E-state index in [2.05, 4.69) is 5.32 Å². The lowest BCUT2D eigenvalue weighted by Gasteiger charge is -2.27. The number of anilines is 1. The number of carbonyl (C=O) groups is 2. The van der Waals surface area contributed by atoms with Gasteiger partial charge in [0.05, 0.1) is 12.3 Å². The molecule has 1 atom stereocenters. The highest BCUT2D eigenvalue weighted by molar-refractivity contribution is 14.1. The zero-order chi connectivity index (χ0) is 16.2. The van der Waals surface area contributed by atoms with Crippen molar-refractivity contribution in [3.05, 3.63) is 27.6 Å². The van der Waals surface area contributed by atoms with Gasteiger partial charge >= 0.3 is 5.97 Å². The van der Waals surface area contributed by atoms with E-state index in [0.717, 1.165) is 0 Å². The van der Waals surface area contributed by atoms with Gasteiger partial charge in [0.15, 0.2) is 0 Å². The van der Waals surface area contributed by atoms with Crippen LogP contribution in [-0.4, -0.2) is 18.5 Å². The molecule has 0 heterocycles. The van der Waals surface area contributed by atoms with Crippen molar-refractivity contribution in [3.63, 3.8) is 0 Å². The van der Waals surface area contributed by atoms with E-state index in [1.165, 1.54) is 18.2 Å². The fourth-order valence-electron chi connectivity index (χ4n) is 1.88. The molecule has 0 aliphatic rings. The molecule has 21 heavy (non-hydrogen) atoms. The molecule has 1 aromatic rings. The molecule has 0 saturated carbocycles. The summed E-state index contributed by atoms with van der Waals surface area (Å²) in [6, 6.07) is 4.04. The van der Waals surface area contributed by atoms with Gasteiger partial charge in [-0.2, -0.15) is 0 Å². The van der Waals surface area contributed by atoms with Crippen LogP contribution in [0.1, 0.15) is 27.7 Å². The lowest BCUT2D eigenvalue weighted by Crippen LogP contribution is -2.40. The van der Waals surface area contributed by atoms with Crippen LogP contribution in [-0.2, 0) is 14.3 Å². The molecule has 0 bridgehead atoms. The summed E-state index contributed by atoms with van der Waals surface area (Å²) in [4.78, 5) is 24.4. The Kier molecular flexibility index (Phi) is 6.12. The van der Waals surface area contributed by atoms with Crippen molar-refractivity contribution in [1.82, 2.24) is 0 Å². The Morgan fingerprint density at radius 3 is 2.48 bits per heavy atom. The first-order chi connectivity index (χ1) is 9.66. The Balaban J connectivity index is 2.99. The lowest BCUT2D eigenvalue weighted by molar-refractivity contribution is -0.155. The first-order valence-electron chi connectivity index (χ1n) is 6.59. The first kappa shape index (κ1) is 17.9. The molecule has 0 aliphatic heterocycles. The van der Waals surface area contributed by atoms with E-state index in [9.17, 15) is 14.0 Å². The normalized spacial score (nSPS) is 12.7. The van der Waals surface area contributed by atoms with Crippen molar-refractivity contribution < 1.29 is 18.7 Å². The van der Waals surface area contributed by atoms with Crippen LogP contribution in [0.2, 0.25) is 0 Å². The van der Waals surface area contributed by atoms with Gasteiger partial charge in [-0.25, -0.2) is 4.39 Å². The topological polar surface area (TPSA) is 55.4 Å². The predicted molar refractivity (Wildman–Crippen MR) is 87.3 cm³/mol. The van der Waals surface area contributed by atoms with Gasteiger partial charge < -0.3 is 10.1 Å². The summed E-state index contributed by atoms with van der Waals surface area (Å²) in [5.41, 5.74) is -0.109. The Labute approximate surface area is 137 Å². The summed E-state index contributed by atoms with van der Waals surface area (Å²) in [5, 5.41) is 2.67. The average molecular weight is 407 g/mol. The number of carbonyl (C=O) groups excluding carboxylic acids is 2. The Bertz CT molecular complexity index is 540. The molecule has 0 aliphatic carbocycles. The van der Waals surface area contributed by atoms with Gasteiger partial charge in [0, 0.05) is 3.57 Å². The molecule has 1 unspecified atom stereocenters. The van der Waals surface area contributed by atoms with Gasteiger partial charge in [0.25, 0.3) is 0 Å². The van der Waals surface area contributed by atoms with E-state index >= 15 is 0 Å². The molecule has 0 saturated heterocycles. The van der Waals surface area contributed by atoms with Crippen LogP contribution < -0.4 is 5.32 Å². The van der Waals surface area contributed by atoms with Crippen molar-refractivity contribution in [2.24, 2.45) is 11.3 Å². The number of benzene rings is 1. The molecule has 1 rings (SSSR count). The monoisotopic (exact) mass is 407 g/mol. The molecule has 0 radical (unpaired) electrons. The quantitative estimate of drug-likeness (QED) is 0.472. The molecule has 1 aromatic carbocycles. The maximum Gasteiger partial charge on any atom is 0.319 e. The highest BCUT2D eigenvalue weighted by Crippen LogP contribution is 2.29. The third kappa shape index (κ3) is 4.94. The lowest BCUT2D eigenvalue weighted by atomic mass is 9.80. The Morgan fingerprint density at radius 1 is 1.38 bits per heavy atom. The van der Waals surface area contributed by atoms with E-state index in [1.807, 2.05) is 22.6 Å². The second kappa shape index (κ2) is 7.20. The number of amides is 1. The van der Waals surface area contributed by atoms with Crippen LogP contribution in [0.15, 0.2) is 18.2 Å². The molecule has 116 valence electrons. The molecule has 4 nitrogen and oxygen atoms in total. The van der Waals surface area contributed by atoms with Gasteiger partial charge in [-0.15, -0.1) is 0 Å². The van der Waals surface area contributed by atoms with Crippen molar-refractivity contribution in [3.8, 4) is 0 Å². The molecule has 0 aromatic heterocycles. The largest absolute Gasteiger partial charge is 0.465 e. The smallest absolute Gasteiger partial charge is 0.319 e. The molecular formula is C15H19FINO3. The number of hydrogen-bond donors (Lipinski definition) is 1. The predicted octanol–water partition coefficient (Wildman–Crippen LogP) is 3.59. The molecule has 6 heteroatoms. The van der Waals surface area contributed by atoms with Crippen LogP contribution in [0.3, 0.4) is 0 Å². The van der Waals surface area contributed by atoms with Gasteiger partial charge in [0.1, 0.15) is 11.7 Å². The molecule has 0 spiro atoms. The van der Waals surface area contributed by atoms with Crippen LogP contribution >= 0.6 is 22.6 Å². The third-order valence-corrected chi connectivity index (χ3v) is 3.73. The maximum absolute atomic E-state index is 13.1. The number of hydrogen-bond acceptors (Lipinski definition) is 3. The number of halogens is 2. The van der Waals surface area contributed by atoms with Crippen LogP contribution in [0.5, 0.6) is 0 Å². The SMILES string of the molecule is CCOC(=O)C(C(=O)Nc1ccc(F)cc1I)C(C)(C)C. The Hall–Kier alpha value is -1.18. The Morgan fingerprint density at radius 2 is 2.00 bits per heavy atom. The van der Waals surface area contributed by atoms with Gasteiger partial charge in [0.2, 0.25) is 5.91 Å². The summed E-state index contributed by atoms with van der Waals surface area (Å²) >= 11 is 1.93. The summed E-state index contributed by atoms with van der Waals surface area (Å²) in [6.45, 7) is 7.29. The summed E-state index contributed by atoms with van der Waals surface area (Å²) in [6.07, 6.45) is 0. The minimum absolute atomic E-state index is 0.215. The minimum Gasteiger partial charge on any atom is -0.465 e. The van der Waals surface area contributed by atoms with Gasteiger partial charge in [-0.3, -0.25) is 9.59 Å². The zero-order valence-corrected chi connectivity index (χ0v) is 14.7. The van der Waals surface area contributed by atoms with Gasteiger partial charge in [-0.1, -0.05) is 20.8 Å². The average Bonchev–Trinajstić information content (AvgIpc) is 2.31. The number of rotatable bonds is 4. The minimum atomic E-state index is -0.932. The standard InChI is InChI=1S/C15H19FINO3/c1-5-21-14(20)12(15(2,3)4)13(19)18-11-7-6-9(16)8-10(11)17/h6-8,12H,5H2,1-4H3,(H,18,19). The van der Waals surface area contributed by atoms with Crippen LogP contribution in [0.4, 0.5) is 10.1 Å². The summed E-state index contributed by atoms with van der Waals surface area (Å²) in [7, 11) is 0. The maximum atomic E-state index is 13.1. The second-order valence-corrected chi connectivity index (χ2v) is 6.83. The van der Waals surface area contributed by atoms with Crippen molar-refractivity contribution in [2.45, 2.75) is 27.7 Å². The number of esters is 1. The van der Waals surface area contributed by atoms with Crippen molar-refractivity contribution >= 4 is 40.2 Å². The number of nitrogens with one attached hydrogen (secondary N) is 1. The van der Waals surface area contributed by atoms with Crippen LogP contribution in [0, 0.1) is 20.7 Å². The molecule has 0 fully saturated rings. The van der Waals surface area contributed by atoms with E-state index in [0.29, 0.717) is 9.26 Å². The number of ether oxygens (including phenoxy) is 1. The van der Waals surface area contributed by atoms with E-state index < -0.39 is 23.2 Å². The zero-order valence-electron chi connectivity index (χ0n) is 12.5.